The van der Waals surface area contributed by atoms with Crippen LogP contribution in [-0.2, 0) is 4.74 Å². The Balaban J connectivity index is 2.81. The Bertz CT molecular complexity index is 363. The van der Waals surface area contributed by atoms with Crippen LogP contribution < -0.4 is 4.74 Å². The molecule has 0 atom stereocenters. The van der Waals surface area contributed by atoms with Crippen molar-refractivity contribution in [2.75, 3.05) is 13.2 Å². The molecule has 1 aromatic rings. The molecule has 0 fully saturated rings. The summed E-state index contributed by atoms with van der Waals surface area (Å²) in [6.07, 6.45) is 0.820. The quantitative estimate of drug-likeness (QED) is 0.778. The first-order chi connectivity index (χ1) is 7.69. The van der Waals surface area contributed by atoms with Gasteiger partial charge in [-0.2, -0.15) is 0 Å². The minimum atomic E-state index is -0.310. The maximum absolute atomic E-state index is 11.6. The molecule has 0 saturated heterocycles. The fourth-order valence-corrected chi connectivity index (χ4v) is 1.54. The van der Waals surface area contributed by atoms with E-state index in [9.17, 15) is 4.79 Å². The van der Waals surface area contributed by atoms with Crippen LogP contribution >= 0.6 is 15.9 Å². The zero-order chi connectivity index (χ0) is 12.0. The molecule has 1 aromatic carbocycles. The normalized spacial score (nSPS) is 9.94. The molecule has 0 saturated carbocycles. The van der Waals surface area contributed by atoms with E-state index in [1.54, 1.807) is 18.2 Å². The van der Waals surface area contributed by atoms with Crippen LogP contribution in [0.5, 0.6) is 5.75 Å². The highest BCUT2D eigenvalue weighted by atomic mass is 79.9. The largest absolute Gasteiger partial charge is 0.493 e. The minimum absolute atomic E-state index is 0.310. The Kier molecular flexibility index (Phi) is 5.32. The lowest BCUT2D eigenvalue weighted by atomic mass is 10.2. The van der Waals surface area contributed by atoms with Crippen molar-refractivity contribution in [3.63, 3.8) is 0 Å². The second kappa shape index (κ2) is 6.53. The van der Waals surface area contributed by atoms with Crippen molar-refractivity contribution in [2.45, 2.75) is 20.3 Å². The summed E-state index contributed by atoms with van der Waals surface area (Å²) in [7, 11) is 0. The molecule has 4 heteroatoms. The first-order valence-corrected chi connectivity index (χ1v) is 6.07. The summed E-state index contributed by atoms with van der Waals surface area (Å²) in [5, 5.41) is 0. The Hall–Kier alpha value is -1.03. The van der Waals surface area contributed by atoms with Crippen LogP contribution in [0.4, 0.5) is 0 Å². The van der Waals surface area contributed by atoms with Crippen LogP contribution in [0.1, 0.15) is 30.6 Å². The first kappa shape index (κ1) is 13.0. The fraction of sp³-hybridized carbons (Fsp3) is 0.417. The van der Waals surface area contributed by atoms with E-state index >= 15 is 0 Å². The van der Waals surface area contributed by atoms with Gasteiger partial charge in [-0.3, -0.25) is 0 Å². The molecule has 0 spiro atoms. The highest BCUT2D eigenvalue weighted by Crippen LogP contribution is 2.26. The van der Waals surface area contributed by atoms with Gasteiger partial charge in [-0.15, -0.1) is 0 Å². The average molecular weight is 287 g/mol. The monoisotopic (exact) mass is 286 g/mol. The van der Waals surface area contributed by atoms with Gasteiger partial charge in [0.1, 0.15) is 5.75 Å². The molecular weight excluding hydrogens is 272 g/mol. The molecule has 88 valence electrons. The number of benzene rings is 1. The highest BCUT2D eigenvalue weighted by Gasteiger charge is 2.10. The zero-order valence-corrected chi connectivity index (χ0v) is 11.0. The standard InChI is InChI=1S/C12H15BrO3/c1-3-7-16-12(14)9-5-6-10(13)11(8-9)15-4-2/h5-6,8H,3-4,7H2,1-2H3. The maximum atomic E-state index is 11.6. The van der Waals surface area contributed by atoms with E-state index in [1.165, 1.54) is 0 Å². The zero-order valence-electron chi connectivity index (χ0n) is 9.46. The van der Waals surface area contributed by atoms with Crippen LogP contribution in [0.15, 0.2) is 22.7 Å². The number of rotatable bonds is 5. The summed E-state index contributed by atoms with van der Waals surface area (Å²) in [5.41, 5.74) is 0.514. The van der Waals surface area contributed by atoms with Crippen LogP contribution in [0.25, 0.3) is 0 Å². The van der Waals surface area contributed by atoms with Crippen LogP contribution in [0.3, 0.4) is 0 Å². The molecule has 0 radical (unpaired) electrons. The Morgan fingerprint density at radius 1 is 1.38 bits per heavy atom. The van der Waals surface area contributed by atoms with Crippen molar-refractivity contribution in [1.82, 2.24) is 0 Å². The molecule has 0 unspecified atom stereocenters. The lowest BCUT2D eigenvalue weighted by Crippen LogP contribution is -2.06. The van der Waals surface area contributed by atoms with Gasteiger partial charge in [0, 0.05) is 0 Å². The van der Waals surface area contributed by atoms with Crippen molar-refractivity contribution in [1.29, 1.82) is 0 Å². The predicted molar refractivity (Wildman–Crippen MR) is 65.9 cm³/mol. The summed E-state index contributed by atoms with van der Waals surface area (Å²) in [6.45, 7) is 4.86. The van der Waals surface area contributed by atoms with Crippen molar-refractivity contribution < 1.29 is 14.3 Å². The van der Waals surface area contributed by atoms with Crippen LogP contribution in [0.2, 0.25) is 0 Å². The van der Waals surface area contributed by atoms with E-state index in [0.29, 0.717) is 24.5 Å². The fourth-order valence-electron chi connectivity index (χ4n) is 1.17. The number of hydrogen-bond donors (Lipinski definition) is 0. The third-order valence-corrected chi connectivity index (χ3v) is 2.56. The molecule has 0 amide bonds. The van der Waals surface area contributed by atoms with E-state index in [2.05, 4.69) is 15.9 Å². The van der Waals surface area contributed by atoms with E-state index in [-0.39, 0.29) is 5.97 Å². The van der Waals surface area contributed by atoms with Gasteiger partial charge in [0.2, 0.25) is 0 Å². The molecule has 0 aliphatic rings. The summed E-state index contributed by atoms with van der Waals surface area (Å²) >= 11 is 3.36. The first-order valence-electron chi connectivity index (χ1n) is 5.28. The molecule has 0 aliphatic carbocycles. The molecule has 0 aromatic heterocycles. The lowest BCUT2D eigenvalue weighted by molar-refractivity contribution is 0.0504. The molecule has 1 rings (SSSR count). The van der Waals surface area contributed by atoms with E-state index in [0.717, 1.165) is 10.9 Å². The third kappa shape index (κ3) is 3.52. The number of carbonyl (C=O) groups is 1. The van der Waals surface area contributed by atoms with Gasteiger partial charge in [-0.05, 0) is 47.5 Å². The molecule has 0 heterocycles. The summed E-state index contributed by atoms with van der Waals surface area (Å²) in [4.78, 5) is 11.6. The molecule has 0 aliphatic heterocycles. The van der Waals surface area contributed by atoms with Gasteiger partial charge in [0.15, 0.2) is 0 Å². The summed E-state index contributed by atoms with van der Waals surface area (Å²) in [6, 6.07) is 5.18. The van der Waals surface area contributed by atoms with Gasteiger partial charge < -0.3 is 9.47 Å². The summed E-state index contributed by atoms with van der Waals surface area (Å²) < 4.78 is 11.3. The number of ether oxygens (including phenoxy) is 2. The predicted octanol–water partition coefficient (Wildman–Crippen LogP) is 3.41. The number of hydrogen-bond acceptors (Lipinski definition) is 3. The number of esters is 1. The summed E-state index contributed by atoms with van der Waals surface area (Å²) in [5.74, 6) is 0.351. The SMILES string of the molecule is CCCOC(=O)c1ccc(Br)c(OCC)c1. The van der Waals surface area contributed by atoms with Crippen LogP contribution in [-0.4, -0.2) is 19.2 Å². The number of halogens is 1. The van der Waals surface area contributed by atoms with E-state index in [4.69, 9.17) is 9.47 Å². The molecule has 0 bridgehead atoms. The van der Waals surface area contributed by atoms with Crippen molar-refractivity contribution in [3.8, 4) is 5.75 Å². The van der Waals surface area contributed by atoms with Crippen molar-refractivity contribution >= 4 is 21.9 Å². The second-order valence-corrected chi connectivity index (χ2v) is 4.07. The van der Waals surface area contributed by atoms with Crippen molar-refractivity contribution in [2.24, 2.45) is 0 Å². The molecule has 3 nitrogen and oxygen atoms in total. The van der Waals surface area contributed by atoms with Crippen LogP contribution in [0, 0.1) is 0 Å². The molecular formula is C12H15BrO3. The van der Waals surface area contributed by atoms with Gasteiger partial charge in [0.05, 0.1) is 23.2 Å². The third-order valence-electron chi connectivity index (χ3n) is 1.90. The Morgan fingerprint density at radius 2 is 2.12 bits per heavy atom. The smallest absolute Gasteiger partial charge is 0.338 e. The minimum Gasteiger partial charge on any atom is -0.493 e. The molecule has 16 heavy (non-hydrogen) atoms. The van der Waals surface area contributed by atoms with E-state index in [1.807, 2.05) is 13.8 Å². The number of carbonyl (C=O) groups excluding carboxylic acids is 1. The van der Waals surface area contributed by atoms with Gasteiger partial charge in [-0.25, -0.2) is 4.79 Å². The molecule has 0 N–H and O–H groups in total. The Morgan fingerprint density at radius 3 is 2.75 bits per heavy atom. The van der Waals surface area contributed by atoms with Crippen molar-refractivity contribution in [3.05, 3.63) is 28.2 Å². The maximum Gasteiger partial charge on any atom is 0.338 e. The Labute approximate surface area is 104 Å². The highest BCUT2D eigenvalue weighted by molar-refractivity contribution is 9.10. The van der Waals surface area contributed by atoms with Gasteiger partial charge in [0.25, 0.3) is 0 Å². The topological polar surface area (TPSA) is 35.5 Å². The van der Waals surface area contributed by atoms with Gasteiger partial charge >= 0.3 is 5.97 Å². The lowest BCUT2D eigenvalue weighted by Gasteiger charge is -2.08. The second-order valence-electron chi connectivity index (χ2n) is 3.21. The average Bonchev–Trinajstić information content (AvgIpc) is 2.29. The van der Waals surface area contributed by atoms with E-state index < -0.39 is 0 Å². The van der Waals surface area contributed by atoms with Gasteiger partial charge in [-0.1, -0.05) is 6.92 Å².